The minimum atomic E-state index is 0.247. The second-order valence-corrected chi connectivity index (χ2v) is 3.80. The van der Waals surface area contributed by atoms with Gasteiger partial charge in [-0.3, -0.25) is 4.90 Å². The number of nitrogens with zero attached hydrogens (tertiary/aromatic N) is 2. The summed E-state index contributed by atoms with van der Waals surface area (Å²) in [4.78, 5) is 6.43. The number of aryl methyl sites for hydroxylation is 1. The highest BCUT2D eigenvalue weighted by Gasteiger charge is 2.24. The van der Waals surface area contributed by atoms with Crippen molar-refractivity contribution in [2.45, 2.75) is 32.4 Å². The average Bonchev–Trinajstić information content (AvgIpc) is 2.77. The van der Waals surface area contributed by atoms with Crippen LogP contribution in [0.5, 0.6) is 0 Å². The Morgan fingerprint density at radius 3 is 3.21 bits per heavy atom. The van der Waals surface area contributed by atoms with Crippen molar-refractivity contribution in [3.05, 3.63) is 17.8 Å². The zero-order valence-corrected chi connectivity index (χ0v) is 8.44. The van der Waals surface area contributed by atoms with Gasteiger partial charge < -0.3 is 9.52 Å². The second kappa shape index (κ2) is 4.11. The van der Waals surface area contributed by atoms with E-state index in [1.54, 1.807) is 0 Å². The summed E-state index contributed by atoms with van der Waals surface area (Å²) in [7, 11) is 0. The maximum atomic E-state index is 9.15. The summed E-state index contributed by atoms with van der Waals surface area (Å²) in [5.74, 6) is 0.883. The number of hydrogen-bond acceptors (Lipinski definition) is 4. The monoisotopic (exact) mass is 196 g/mol. The number of likely N-dealkylation sites (tertiary alicyclic amines) is 1. The van der Waals surface area contributed by atoms with Crippen LogP contribution in [0.4, 0.5) is 0 Å². The smallest absolute Gasteiger partial charge is 0.181 e. The molecule has 2 rings (SSSR count). The van der Waals surface area contributed by atoms with Crippen molar-refractivity contribution in [2.24, 2.45) is 0 Å². The van der Waals surface area contributed by atoms with Crippen LogP contribution in [0.15, 0.2) is 10.8 Å². The quantitative estimate of drug-likeness (QED) is 0.781. The third-order valence-corrected chi connectivity index (χ3v) is 2.91. The van der Waals surface area contributed by atoms with Gasteiger partial charge in [0.2, 0.25) is 0 Å². The highest BCUT2D eigenvalue weighted by atomic mass is 16.3. The molecule has 0 aromatic carbocycles. The van der Waals surface area contributed by atoms with Gasteiger partial charge in [-0.2, -0.15) is 0 Å². The van der Waals surface area contributed by atoms with Gasteiger partial charge in [-0.15, -0.1) is 0 Å². The van der Waals surface area contributed by atoms with Gasteiger partial charge in [0, 0.05) is 12.6 Å². The Morgan fingerprint density at radius 1 is 1.71 bits per heavy atom. The first-order valence-electron chi connectivity index (χ1n) is 5.05. The standard InChI is InChI=1S/C10H16N2O2/c1-8-10(11-7-14-8)5-12-4-2-3-9(12)6-13/h7,9,13H,2-6H2,1H3. The van der Waals surface area contributed by atoms with E-state index in [0.29, 0.717) is 6.04 Å². The lowest BCUT2D eigenvalue weighted by atomic mass is 10.2. The van der Waals surface area contributed by atoms with Crippen molar-refractivity contribution < 1.29 is 9.52 Å². The van der Waals surface area contributed by atoms with Gasteiger partial charge in [0.25, 0.3) is 0 Å². The average molecular weight is 196 g/mol. The van der Waals surface area contributed by atoms with E-state index in [9.17, 15) is 0 Å². The van der Waals surface area contributed by atoms with Gasteiger partial charge in [-0.1, -0.05) is 0 Å². The summed E-state index contributed by atoms with van der Waals surface area (Å²) in [6.45, 7) is 4.02. The van der Waals surface area contributed by atoms with Crippen LogP contribution in [0.1, 0.15) is 24.3 Å². The van der Waals surface area contributed by atoms with Crippen molar-refractivity contribution in [2.75, 3.05) is 13.2 Å². The minimum Gasteiger partial charge on any atom is -0.448 e. The Balaban J connectivity index is 2.00. The van der Waals surface area contributed by atoms with Crippen LogP contribution in [0.3, 0.4) is 0 Å². The lowest BCUT2D eigenvalue weighted by Gasteiger charge is -2.21. The van der Waals surface area contributed by atoms with Crippen molar-refractivity contribution in [1.82, 2.24) is 9.88 Å². The number of hydrogen-bond donors (Lipinski definition) is 1. The van der Waals surface area contributed by atoms with Gasteiger partial charge in [0.05, 0.1) is 12.3 Å². The lowest BCUT2D eigenvalue weighted by molar-refractivity contribution is 0.152. The Kier molecular flexibility index (Phi) is 2.84. The molecule has 1 saturated heterocycles. The Bertz CT molecular complexity index is 298. The zero-order chi connectivity index (χ0) is 9.97. The molecule has 0 bridgehead atoms. The lowest BCUT2D eigenvalue weighted by Crippen LogP contribution is -2.31. The normalized spacial score (nSPS) is 23.1. The molecule has 0 radical (unpaired) electrons. The van der Waals surface area contributed by atoms with E-state index in [-0.39, 0.29) is 6.61 Å². The first kappa shape index (κ1) is 9.68. The molecule has 0 saturated carbocycles. The maximum Gasteiger partial charge on any atom is 0.181 e. The molecule has 1 aromatic rings. The fraction of sp³-hybridized carbons (Fsp3) is 0.700. The van der Waals surface area contributed by atoms with E-state index in [0.717, 1.165) is 31.0 Å². The zero-order valence-electron chi connectivity index (χ0n) is 8.44. The fourth-order valence-corrected chi connectivity index (χ4v) is 1.98. The summed E-state index contributed by atoms with van der Waals surface area (Å²) >= 11 is 0. The summed E-state index contributed by atoms with van der Waals surface area (Å²) in [6, 6.07) is 0.311. The Morgan fingerprint density at radius 2 is 2.57 bits per heavy atom. The van der Waals surface area contributed by atoms with Crippen LogP contribution >= 0.6 is 0 Å². The van der Waals surface area contributed by atoms with E-state index in [2.05, 4.69) is 9.88 Å². The molecule has 0 aliphatic carbocycles. The van der Waals surface area contributed by atoms with Crippen molar-refractivity contribution >= 4 is 0 Å². The molecule has 1 fully saturated rings. The highest BCUT2D eigenvalue weighted by Crippen LogP contribution is 2.20. The number of oxazole rings is 1. The van der Waals surface area contributed by atoms with Crippen molar-refractivity contribution in [1.29, 1.82) is 0 Å². The third-order valence-electron chi connectivity index (χ3n) is 2.91. The molecule has 0 spiro atoms. The molecule has 1 aliphatic heterocycles. The van der Waals surface area contributed by atoms with E-state index in [1.807, 2.05) is 6.92 Å². The van der Waals surface area contributed by atoms with Gasteiger partial charge in [0.1, 0.15) is 5.76 Å². The predicted octanol–water partition coefficient (Wildman–Crippen LogP) is 0.940. The van der Waals surface area contributed by atoms with Crippen molar-refractivity contribution in [3.63, 3.8) is 0 Å². The van der Waals surface area contributed by atoms with E-state index < -0.39 is 0 Å². The molecule has 14 heavy (non-hydrogen) atoms. The van der Waals surface area contributed by atoms with Crippen molar-refractivity contribution in [3.8, 4) is 0 Å². The molecule has 2 heterocycles. The molecule has 1 N–H and O–H groups in total. The number of aliphatic hydroxyl groups excluding tert-OH is 1. The van der Waals surface area contributed by atoms with Crippen LogP contribution in [0, 0.1) is 6.92 Å². The molecule has 4 nitrogen and oxygen atoms in total. The molecule has 0 amide bonds. The summed E-state index contributed by atoms with van der Waals surface area (Å²) in [5, 5.41) is 9.15. The molecule has 78 valence electrons. The largest absolute Gasteiger partial charge is 0.448 e. The first-order valence-corrected chi connectivity index (χ1v) is 5.05. The van der Waals surface area contributed by atoms with E-state index >= 15 is 0 Å². The highest BCUT2D eigenvalue weighted by molar-refractivity contribution is 5.05. The van der Waals surface area contributed by atoms with Crippen LogP contribution in [-0.4, -0.2) is 34.2 Å². The number of rotatable bonds is 3. The molecule has 1 aromatic heterocycles. The van der Waals surface area contributed by atoms with Gasteiger partial charge in [0.15, 0.2) is 6.39 Å². The van der Waals surface area contributed by atoms with Gasteiger partial charge >= 0.3 is 0 Å². The minimum absolute atomic E-state index is 0.247. The van der Waals surface area contributed by atoms with E-state index in [4.69, 9.17) is 9.52 Å². The molecule has 1 aliphatic rings. The molecule has 1 atom stereocenters. The van der Waals surface area contributed by atoms with Crippen LogP contribution in [0.2, 0.25) is 0 Å². The first-order chi connectivity index (χ1) is 6.81. The van der Waals surface area contributed by atoms with Crippen LogP contribution in [0.25, 0.3) is 0 Å². The summed E-state index contributed by atoms with van der Waals surface area (Å²) in [6.07, 6.45) is 3.74. The topological polar surface area (TPSA) is 49.5 Å². The maximum absolute atomic E-state index is 9.15. The molecule has 1 unspecified atom stereocenters. The number of aromatic nitrogens is 1. The van der Waals surface area contributed by atoms with Gasteiger partial charge in [-0.25, -0.2) is 4.98 Å². The summed E-state index contributed by atoms with van der Waals surface area (Å²) in [5.41, 5.74) is 0.991. The third kappa shape index (κ3) is 1.81. The SMILES string of the molecule is Cc1ocnc1CN1CCCC1CO. The second-order valence-electron chi connectivity index (χ2n) is 3.80. The summed E-state index contributed by atoms with van der Waals surface area (Å²) < 4.78 is 5.14. The van der Waals surface area contributed by atoms with E-state index in [1.165, 1.54) is 12.8 Å². The number of aliphatic hydroxyl groups is 1. The van der Waals surface area contributed by atoms with Crippen LogP contribution in [-0.2, 0) is 6.54 Å². The molecular formula is C10H16N2O2. The Labute approximate surface area is 83.5 Å². The molecular weight excluding hydrogens is 180 g/mol. The predicted molar refractivity (Wildman–Crippen MR) is 51.8 cm³/mol. The fourth-order valence-electron chi connectivity index (χ4n) is 1.98. The molecule has 4 heteroatoms. The van der Waals surface area contributed by atoms with Gasteiger partial charge in [-0.05, 0) is 26.3 Å². The van der Waals surface area contributed by atoms with Crippen LogP contribution < -0.4 is 0 Å². The Hall–Kier alpha value is -0.870.